The molecule has 94 valence electrons. The topological polar surface area (TPSA) is 37.8 Å². The molecule has 2 rings (SSSR count). The summed E-state index contributed by atoms with van der Waals surface area (Å²) in [6.07, 6.45) is 5.19. The summed E-state index contributed by atoms with van der Waals surface area (Å²) >= 11 is 3.57. The molecule has 1 atom stereocenters. The molecule has 0 spiro atoms. The number of aromatic nitrogens is 2. The van der Waals surface area contributed by atoms with Gasteiger partial charge in [-0.1, -0.05) is 15.9 Å². The van der Waals surface area contributed by atoms with Crippen molar-refractivity contribution in [1.82, 2.24) is 9.97 Å². The third-order valence-corrected chi connectivity index (χ3v) is 4.10. The van der Waals surface area contributed by atoms with Gasteiger partial charge >= 0.3 is 0 Å². The number of hydrogen-bond donors (Lipinski definition) is 1. The van der Waals surface area contributed by atoms with Crippen LogP contribution in [0.5, 0.6) is 0 Å². The highest BCUT2D eigenvalue weighted by atomic mass is 79.9. The van der Waals surface area contributed by atoms with Crippen LogP contribution in [0.25, 0.3) is 0 Å². The van der Waals surface area contributed by atoms with Crippen molar-refractivity contribution < 1.29 is 0 Å². The van der Waals surface area contributed by atoms with Gasteiger partial charge in [0.25, 0.3) is 0 Å². The van der Waals surface area contributed by atoms with E-state index < -0.39 is 0 Å². The molecule has 1 aromatic carbocycles. The van der Waals surface area contributed by atoms with Crippen LogP contribution in [-0.2, 0) is 0 Å². The van der Waals surface area contributed by atoms with E-state index in [0.29, 0.717) is 0 Å². The number of hydrogen-bond acceptors (Lipinski definition) is 3. The molecule has 0 saturated heterocycles. The van der Waals surface area contributed by atoms with E-state index in [2.05, 4.69) is 64.1 Å². The SMILES string of the molecule is Cc1cc(NC(C)c2cnccn2)cc(C)c1Br. The molecule has 1 aromatic heterocycles. The van der Waals surface area contributed by atoms with Crippen LogP contribution < -0.4 is 5.32 Å². The second kappa shape index (κ2) is 5.48. The zero-order chi connectivity index (χ0) is 13.1. The van der Waals surface area contributed by atoms with Crippen LogP contribution in [-0.4, -0.2) is 9.97 Å². The van der Waals surface area contributed by atoms with Gasteiger partial charge in [0.1, 0.15) is 0 Å². The molecule has 0 bridgehead atoms. The summed E-state index contributed by atoms with van der Waals surface area (Å²) in [5.41, 5.74) is 4.50. The zero-order valence-electron chi connectivity index (χ0n) is 10.7. The summed E-state index contributed by atoms with van der Waals surface area (Å²) in [7, 11) is 0. The van der Waals surface area contributed by atoms with E-state index in [1.807, 2.05) is 0 Å². The number of aryl methyl sites for hydroxylation is 2. The standard InChI is InChI=1S/C14H16BrN3/c1-9-6-12(7-10(2)14(9)15)18-11(3)13-8-16-4-5-17-13/h4-8,11,18H,1-3H3. The quantitative estimate of drug-likeness (QED) is 0.930. The van der Waals surface area contributed by atoms with E-state index in [1.165, 1.54) is 15.6 Å². The minimum Gasteiger partial charge on any atom is -0.377 e. The number of benzene rings is 1. The van der Waals surface area contributed by atoms with Crippen molar-refractivity contribution in [3.05, 3.63) is 52.0 Å². The molecule has 0 amide bonds. The van der Waals surface area contributed by atoms with Gasteiger partial charge in [-0.05, 0) is 44.0 Å². The van der Waals surface area contributed by atoms with Gasteiger partial charge in [0, 0.05) is 22.6 Å². The Morgan fingerprint density at radius 1 is 1.17 bits per heavy atom. The van der Waals surface area contributed by atoms with Crippen LogP contribution >= 0.6 is 15.9 Å². The highest BCUT2D eigenvalue weighted by Gasteiger charge is 2.08. The van der Waals surface area contributed by atoms with Gasteiger partial charge in [0.2, 0.25) is 0 Å². The molecule has 1 N–H and O–H groups in total. The first-order valence-electron chi connectivity index (χ1n) is 5.87. The number of nitrogens with one attached hydrogen (secondary N) is 1. The van der Waals surface area contributed by atoms with Crippen molar-refractivity contribution in [2.45, 2.75) is 26.8 Å². The fourth-order valence-electron chi connectivity index (χ4n) is 1.89. The summed E-state index contributed by atoms with van der Waals surface area (Å²) in [4.78, 5) is 8.39. The number of anilines is 1. The first kappa shape index (κ1) is 13.0. The maximum absolute atomic E-state index is 4.30. The Kier molecular flexibility index (Phi) is 3.97. The summed E-state index contributed by atoms with van der Waals surface area (Å²) in [6, 6.07) is 4.40. The van der Waals surface area contributed by atoms with Crippen LogP contribution in [0.4, 0.5) is 5.69 Å². The second-order valence-corrected chi connectivity index (χ2v) is 5.21. The smallest absolute Gasteiger partial charge is 0.0806 e. The Morgan fingerprint density at radius 3 is 2.39 bits per heavy atom. The molecule has 1 heterocycles. The first-order chi connectivity index (χ1) is 8.58. The van der Waals surface area contributed by atoms with Crippen molar-refractivity contribution in [3.8, 4) is 0 Å². The van der Waals surface area contributed by atoms with Crippen LogP contribution in [0, 0.1) is 13.8 Å². The molecule has 1 unspecified atom stereocenters. The lowest BCUT2D eigenvalue weighted by molar-refractivity contribution is 0.827. The monoisotopic (exact) mass is 305 g/mol. The maximum atomic E-state index is 4.30. The molecule has 2 aromatic rings. The van der Waals surface area contributed by atoms with Crippen molar-refractivity contribution in [1.29, 1.82) is 0 Å². The second-order valence-electron chi connectivity index (χ2n) is 4.42. The van der Waals surface area contributed by atoms with E-state index in [-0.39, 0.29) is 6.04 Å². The van der Waals surface area contributed by atoms with Crippen molar-refractivity contribution in [3.63, 3.8) is 0 Å². The lowest BCUT2D eigenvalue weighted by Crippen LogP contribution is -2.09. The molecule has 0 aliphatic rings. The van der Waals surface area contributed by atoms with Crippen molar-refractivity contribution in [2.24, 2.45) is 0 Å². The van der Waals surface area contributed by atoms with Crippen LogP contribution in [0.1, 0.15) is 29.8 Å². The molecule has 18 heavy (non-hydrogen) atoms. The summed E-state index contributed by atoms with van der Waals surface area (Å²) in [6.45, 7) is 6.27. The summed E-state index contributed by atoms with van der Waals surface area (Å²) in [5.74, 6) is 0. The van der Waals surface area contributed by atoms with Gasteiger partial charge in [0.15, 0.2) is 0 Å². The minimum atomic E-state index is 0.138. The zero-order valence-corrected chi connectivity index (χ0v) is 12.3. The van der Waals surface area contributed by atoms with Gasteiger partial charge in [-0.3, -0.25) is 9.97 Å². The largest absolute Gasteiger partial charge is 0.377 e. The predicted molar refractivity (Wildman–Crippen MR) is 77.7 cm³/mol. The molecule has 0 radical (unpaired) electrons. The third kappa shape index (κ3) is 2.88. The Bertz CT molecular complexity index is 517. The van der Waals surface area contributed by atoms with Crippen LogP contribution in [0.2, 0.25) is 0 Å². The molecule has 0 saturated carbocycles. The highest BCUT2D eigenvalue weighted by Crippen LogP contribution is 2.26. The Hall–Kier alpha value is -1.42. The normalized spacial score (nSPS) is 12.2. The third-order valence-electron chi connectivity index (χ3n) is 2.85. The molecule has 3 nitrogen and oxygen atoms in total. The van der Waals surface area contributed by atoms with Gasteiger partial charge in [-0.15, -0.1) is 0 Å². The Labute approximate surface area is 116 Å². The van der Waals surface area contributed by atoms with Gasteiger partial charge in [0.05, 0.1) is 17.9 Å². The summed E-state index contributed by atoms with van der Waals surface area (Å²) < 4.78 is 1.17. The van der Waals surface area contributed by atoms with Crippen molar-refractivity contribution >= 4 is 21.6 Å². The van der Waals surface area contributed by atoms with E-state index >= 15 is 0 Å². The van der Waals surface area contributed by atoms with Crippen LogP contribution in [0.15, 0.2) is 35.2 Å². The lowest BCUT2D eigenvalue weighted by atomic mass is 10.1. The maximum Gasteiger partial charge on any atom is 0.0806 e. The fourth-order valence-corrected chi connectivity index (χ4v) is 2.12. The van der Waals surface area contributed by atoms with Crippen molar-refractivity contribution in [2.75, 3.05) is 5.32 Å². The average molecular weight is 306 g/mol. The number of rotatable bonds is 3. The lowest BCUT2D eigenvalue weighted by Gasteiger charge is -2.16. The number of nitrogens with zero attached hydrogens (tertiary/aromatic N) is 2. The predicted octanol–water partition coefficient (Wildman–Crippen LogP) is 4.03. The van der Waals surface area contributed by atoms with Crippen LogP contribution in [0.3, 0.4) is 0 Å². The molecule has 0 fully saturated rings. The highest BCUT2D eigenvalue weighted by molar-refractivity contribution is 9.10. The van der Waals surface area contributed by atoms with Gasteiger partial charge < -0.3 is 5.32 Å². The van der Waals surface area contributed by atoms with Gasteiger partial charge in [-0.25, -0.2) is 0 Å². The Morgan fingerprint density at radius 2 is 1.83 bits per heavy atom. The fraction of sp³-hybridized carbons (Fsp3) is 0.286. The minimum absolute atomic E-state index is 0.138. The molecule has 0 aliphatic heterocycles. The average Bonchev–Trinajstić information content (AvgIpc) is 2.37. The number of halogens is 1. The molecule has 4 heteroatoms. The molecular weight excluding hydrogens is 290 g/mol. The van der Waals surface area contributed by atoms with E-state index in [9.17, 15) is 0 Å². The molecular formula is C14H16BrN3. The molecule has 0 aliphatic carbocycles. The van der Waals surface area contributed by atoms with Gasteiger partial charge in [-0.2, -0.15) is 0 Å². The Balaban J connectivity index is 2.20. The first-order valence-corrected chi connectivity index (χ1v) is 6.66. The summed E-state index contributed by atoms with van der Waals surface area (Å²) in [5, 5.41) is 3.44. The van der Waals surface area contributed by atoms with E-state index in [1.54, 1.807) is 18.6 Å². The van der Waals surface area contributed by atoms with E-state index in [0.717, 1.165) is 11.4 Å². The van der Waals surface area contributed by atoms with E-state index in [4.69, 9.17) is 0 Å².